The molecule has 0 aliphatic carbocycles. The second-order valence-corrected chi connectivity index (χ2v) is 7.75. The predicted molar refractivity (Wildman–Crippen MR) is 111 cm³/mol. The lowest BCUT2D eigenvalue weighted by Crippen LogP contribution is -2.40. The molecule has 1 aromatic heterocycles. The minimum Gasteiger partial charge on any atom is -0.342 e. The maximum absolute atomic E-state index is 13.1. The van der Waals surface area contributed by atoms with E-state index in [2.05, 4.69) is 9.97 Å². The van der Waals surface area contributed by atoms with E-state index in [-0.39, 0.29) is 11.8 Å². The van der Waals surface area contributed by atoms with Crippen LogP contribution in [0.15, 0.2) is 67.0 Å². The molecular formula is C24H22F3N3O. The Balaban J connectivity index is 1.50. The minimum atomic E-state index is -4.41. The van der Waals surface area contributed by atoms with Crippen molar-refractivity contribution in [2.24, 2.45) is 0 Å². The molecule has 0 radical (unpaired) electrons. The maximum atomic E-state index is 13.1. The Bertz CT molecular complexity index is 1050. The highest BCUT2D eigenvalue weighted by Gasteiger charge is 2.31. The van der Waals surface area contributed by atoms with Crippen molar-refractivity contribution < 1.29 is 18.0 Å². The lowest BCUT2D eigenvalue weighted by atomic mass is 9.94. The van der Waals surface area contributed by atoms with Crippen LogP contribution in [-0.2, 0) is 17.4 Å². The molecular weight excluding hydrogens is 403 g/mol. The number of likely N-dealkylation sites (tertiary alicyclic amines) is 1. The summed E-state index contributed by atoms with van der Waals surface area (Å²) in [5, 5.41) is 0. The van der Waals surface area contributed by atoms with Crippen LogP contribution >= 0.6 is 0 Å². The predicted octanol–water partition coefficient (Wildman–Crippen LogP) is 5.11. The summed E-state index contributed by atoms with van der Waals surface area (Å²) < 4.78 is 39.2. The molecule has 0 unspecified atom stereocenters. The molecule has 4 rings (SSSR count). The third-order valence-electron chi connectivity index (χ3n) is 5.53. The molecule has 1 atom stereocenters. The number of carbonyl (C=O) groups excluding carboxylic acids is 1. The lowest BCUT2D eigenvalue weighted by molar-refractivity contribution is -0.137. The first-order valence-electron chi connectivity index (χ1n) is 10.2. The van der Waals surface area contributed by atoms with Crippen LogP contribution in [0.1, 0.15) is 35.6 Å². The molecule has 1 saturated heterocycles. The van der Waals surface area contributed by atoms with Gasteiger partial charge in [-0.25, -0.2) is 4.98 Å². The third kappa shape index (κ3) is 5.10. The van der Waals surface area contributed by atoms with Crippen molar-refractivity contribution in [3.8, 4) is 11.3 Å². The number of rotatable bonds is 4. The highest BCUT2D eigenvalue weighted by molar-refractivity contribution is 5.79. The van der Waals surface area contributed by atoms with E-state index in [4.69, 9.17) is 0 Å². The Morgan fingerprint density at radius 3 is 2.65 bits per heavy atom. The summed E-state index contributed by atoms with van der Waals surface area (Å²) in [6.07, 6.45) is 0.761. The number of piperidine rings is 1. The number of amides is 1. The molecule has 2 aromatic carbocycles. The number of aromatic nitrogens is 2. The van der Waals surface area contributed by atoms with Crippen LogP contribution in [0.3, 0.4) is 0 Å². The van der Waals surface area contributed by atoms with Gasteiger partial charge in [-0.1, -0.05) is 42.5 Å². The van der Waals surface area contributed by atoms with Crippen molar-refractivity contribution in [3.05, 3.63) is 83.8 Å². The number of benzene rings is 2. The summed E-state index contributed by atoms with van der Waals surface area (Å²) in [5.41, 5.74) is 1.73. The molecule has 1 aliphatic rings. The number of hydrogen-bond donors (Lipinski definition) is 0. The topological polar surface area (TPSA) is 46.1 Å². The van der Waals surface area contributed by atoms with Gasteiger partial charge in [-0.05, 0) is 30.5 Å². The summed E-state index contributed by atoms with van der Waals surface area (Å²) in [7, 11) is 0. The highest BCUT2D eigenvalue weighted by Crippen LogP contribution is 2.32. The van der Waals surface area contributed by atoms with Gasteiger partial charge in [0.05, 0.1) is 29.6 Å². The van der Waals surface area contributed by atoms with Gasteiger partial charge in [0.25, 0.3) is 0 Å². The summed E-state index contributed by atoms with van der Waals surface area (Å²) in [4.78, 5) is 23.4. The first kappa shape index (κ1) is 21.0. The van der Waals surface area contributed by atoms with Crippen molar-refractivity contribution in [2.75, 3.05) is 13.1 Å². The van der Waals surface area contributed by atoms with Gasteiger partial charge in [-0.3, -0.25) is 9.78 Å². The molecule has 4 nitrogen and oxygen atoms in total. The quantitative estimate of drug-likeness (QED) is 0.584. The molecule has 1 aliphatic heterocycles. The average Bonchev–Trinajstić information content (AvgIpc) is 2.79. The zero-order valence-corrected chi connectivity index (χ0v) is 16.8. The smallest absolute Gasteiger partial charge is 0.342 e. The van der Waals surface area contributed by atoms with Gasteiger partial charge in [0.1, 0.15) is 0 Å². The van der Waals surface area contributed by atoms with E-state index in [1.807, 2.05) is 35.2 Å². The number of halogens is 3. The van der Waals surface area contributed by atoms with Gasteiger partial charge in [-0.15, -0.1) is 0 Å². The zero-order chi connectivity index (χ0) is 21.8. The van der Waals surface area contributed by atoms with Crippen LogP contribution in [-0.4, -0.2) is 33.9 Å². The first-order valence-corrected chi connectivity index (χ1v) is 10.2. The fraction of sp³-hybridized carbons (Fsp3) is 0.292. The second kappa shape index (κ2) is 8.88. The normalized spacial score (nSPS) is 16.9. The summed E-state index contributed by atoms with van der Waals surface area (Å²) >= 11 is 0. The summed E-state index contributed by atoms with van der Waals surface area (Å²) in [5.74, 6) is 0.0737. The second-order valence-electron chi connectivity index (χ2n) is 7.75. The number of carbonyl (C=O) groups is 1. The van der Waals surface area contributed by atoms with Gasteiger partial charge in [0.2, 0.25) is 5.91 Å². The van der Waals surface area contributed by atoms with Gasteiger partial charge < -0.3 is 4.90 Å². The monoisotopic (exact) mass is 425 g/mol. The van der Waals surface area contributed by atoms with Crippen LogP contribution in [0.5, 0.6) is 0 Å². The van der Waals surface area contributed by atoms with Crippen LogP contribution in [0.25, 0.3) is 11.3 Å². The molecule has 0 N–H and O–H groups in total. The van der Waals surface area contributed by atoms with Gasteiger partial charge in [-0.2, -0.15) is 13.2 Å². The Morgan fingerprint density at radius 2 is 1.87 bits per heavy atom. The SMILES string of the molecule is O=C(Cc1ccccc1)N1CCC[C@@H](c2cncc(-c3cccc(C(F)(F)F)c3)n2)C1. The van der Waals surface area contributed by atoms with E-state index >= 15 is 0 Å². The van der Waals surface area contributed by atoms with Gasteiger partial charge in [0.15, 0.2) is 0 Å². The average molecular weight is 425 g/mol. The van der Waals surface area contributed by atoms with E-state index in [1.165, 1.54) is 12.3 Å². The highest BCUT2D eigenvalue weighted by atomic mass is 19.4. The zero-order valence-electron chi connectivity index (χ0n) is 16.8. The number of alkyl halides is 3. The minimum absolute atomic E-state index is 0.00622. The molecule has 1 fully saturated rings. The summed E-state index contributed by atoms with van der Waals surface area (Å²) in [6, 6.07) is 14.7. The molecule has 0 saturated carbocycles. The van der Waals surface area contributed by atoms with Crippen molar-refractivity contribution in [1.29, 1.82) is 0 Å². The fourth-order valence-electron chi connectivity index (χ4n) is 3.90. The Hall–Kier alpha value is -3.22. The van der Waals surface area contributed by atoms with Crippen molar-refractivity contribution >= 4 is 5.91 Å². The molecule has 0 bridgehead atoms. The van der Waals surface area contributed by atoms with E-state index in [0.717, 1.165) is 30.5 Å². The van der Waals surface area contributed by atoms with E-state index < -0.39 is 11.7 Å². The van der Waals surface area contributed by atoms with E-state index in [1.54, 1.807) is 12.3 Å². The van der Waals surface area contributed by atoms with Crippen molar-refractivity contribution in [1.82, 2.24) is 14.9 Å². The largest absolute Gasteiger partial charge is 0.416 e. The first-order chi connectivity index (χ1) is 14.9. The molecule has 31 heavy (non-hydrogen) atoms. The molecule has 2 heterocycles. The van der Waals surface area contributed by atoms with Gasteiger partial charge in [0, 0.05) is 30.8 Å². The van der Waals surface area contributed by atoms with Crippen molar-refractivity contribution in [2.45, 2.75) is 31.4 Å². The Morgan fingerprint density at radius 1 is 1.06 bits per heavy atom. The van der Waals surface area contributed by atoms with E-state index in [9.17, 15) is 18.0 Å². The Labute approximate surface area is 178 Å². The van der Waals surface area contributed by atoms with Crippen LogP contribution < -0.4 is 0 Å². The van der Waals surface area contributed by atoms with Crippen LogP contribution in [0, 0.1) is 0 Å². The third-order valence-corrected chi connectivity index (χ3v) is 5.53. The molecule has 7 heteroatoms. The van der Waals surface area contributed by atoms with Crippen LogP contribution in [0.2, 0.25) is 0 Å². The van der Waals surface area contributed by atoms with E-state index in [0.29, 0.717) is 36.5 Å². The van der Waals surface area contributed by atoms with Crippen LogP contribution in [0.4, 0.5) is 13.2 Å². The number of nitrogens with zero attached hydrogens (tertiary/aromatic N) is 3. The summed E-state index contributed by atoms with van der Waals surface area (Å²) in [6.45, 7) is 1.23. The van der Waals surface area contributed by atoms with Gasteiger partial charge >= 0.3 is 6.18 Å². The maximum Gasteiger partial charge on any atom is 0.416 e. The van der Waals surface area contributed by atoms with Crippen molar-refractivity contribution in [3.63, 3.8) is 0 Å². The lowest BCUT2D eigenvalue weighted by Gasteiger charge is -2.32. The Kier molecular flexibility index (Phi) is 6.02. The molecule has 160 valence electrons. The number of hydrogen-bond acceptors (Lipinski definition) is 3. The fourth-order valence-corrected chi connectivity index (χ4v) is 3.90. The standard InChI is InChI=1S/C24H22F3N3O/c25-24(26,27)20-10-4-8-18(13-20)21-14-28-15-22(29-21)19-9-5-11-30(16-19)23(31)12-17-6-2-1-3-7-17/h1-4,6-8,10,13-15,19H,5,9,11-12,16H2/t19-/m1/s1. The molecule has 1 amide bonds. The molecule has 3 aromatic rings. The molecule has 0 spiro atoms.